The van der Waals surface area contributed by atoms with E-state index in [2.05, 4.69) is 29.2 Å². The highest BCUT2D eigenvalue weighted by Gasteiger charge is 2.32. The van der Waals surface area contributed by atoms with Crippen LogP contribution in [0.3, 0.4) is 0 Å². The Kier molecular flexibility index (Phi) is 4.91. The zero-order valence-electron chi connectivity index (χ0n) is 11.5. The maximum absolute atomic E-state index is 11.6. The van der Waals surface area contributed by atoms with Crippen molar-refractivity contribution >= 4 is 5.91 Å². The largest absolute Gasteiger partial charge is 0.301 e. The number of hydrazine groups is 1. The Balaban J connectivity index is 2.55. The van der Waals surface area contributed by atoms with E-state index in [0.717, 1.165) is 32.6 Å². The van der Waals surface area contributed by atoms with Crippen molar-refractivity contribution in [1.82, 2.24) is 15.2 Å². The molecule has 1 aliphatic heterocycles. The second kappa shape index (κ2) is 5.80. The molecule has 1 atom stereocenters. The molecule has 0 aromatic rings. The van der Waals surface area contributed by atoms with Crippen LogP contribution in [0.5, 0.6) is 0 Å². The normalized spacial score (nSPS) is 23.7. The van der Waals surface area contributed by atoms with Gasteiger partial charge in [0.15, 0.2) is 0 Å². The summed E-state index contributed by atoms with van der Waals surface area (Å²) < 4.78 is 0. The van der Waals surface area contributed by atoms with E-state index in [0.29, 0.717) is 6.04 Å². The Hall–Kier alpha value is -0.650. The molecule has 0 radical (unpaired) electrons. The molecule has 1 amide bonds. The molecule has 0 spiro atoms. The third kappa shape index (κ3) is 3.66. The third-order valence-electron chi connectivity index (χ3n) is 3.70. The van der Waals surface area contributed by atoms with Crippen LogP contribution in [-0.4, -0.2) is 55.0 Å². The van der Waals surface area contributed by atoms with Crippen LogP contribution in [0.25, 0.3) is 0 Å². The second-order valence-corrected chi connectivity index (χ2v) is 5.64. The molecule has 0 bridgehead atoms. The highest BCUT2D eigenvalue weighted by Crippen LogP contribution is 2.20. The first-order valence-corrected chi connectivity index (χ1v) is 6.34. The van der Waals surface area contributed by atoms with Crippen LogP contribution in [0.1, 0.15) is 27.2 Å². The number of piperazine rings is 1. The molecular formula is C12H26N4O. The number of carbonyl (C=O) groups is 1. The number of nitrogens with two attached hydrogens (primary N) is 1. The lowest BCUT2D eigenvalue weighted by Gasteiger charge is -2.41. The van der Waals surface area contributed by atoms with Gasteiger partial charge in [-0.3, -0.25) is 15.1 Å². The van der Waals surface area contributed by atoms with Crippen LogP contribution < -0.4 is 11.3 Å². The van der Waals surface area contributed by atoms with Gasteiger partial charge in [-0.25, -0.2) is 5.84 Å². The minimum absolute atomic E-state index is 0.0931. The molecule has 1 unspecified atom stereocenters. The number of likely N-dealkylation sites (N-methyl/N-ethyl adjacent to an activating group) is 1. The molecule has 0 aromatic heterocycles. The predicted molar refractivity (Wildman–Crippen MR) is 69.3 cm³/mol. The first-order valence-electron chi connectivity index (χ1n) is 6.34. The van der Waals surface area contributed by atoms with E-state index >= 15 is 0 Å². The molecule has 0 aliphatic carbocycles. The van der Waals surface area contributed by atoms with E-state index in [-0.39, 0.29) is 5.91 Å². The molecule has 1 aliphatic rings. The van der Waals surface area contributed by atoms with Gasteiger partial charge in [-0.2, -0.15) is 0 Å². The number of hydrogen-bond acceptors (Lipinski definition) is 4. The number of carbonyl (C=O) groups excluding carboxylic acids is 1. The number of hydrogen-bond donors (Lipinski definition) is 2. The van der Waals surface area contributed by atoms with Crippen molar-refractivity contribution in [2.24, 2.45) is 11.3 Å². The van der Waals surface area contributed by atoms with Crippen molar-refractivity contribution in [2.75, 3.05) is 33.2 Å². The van der Waals surface area contributed by atoms with E-state index in [1.165, 1.54) is 0 Å². The van der Waals surface area contributed by atoms with E-state index in [4.69, 9.17) is 5.84 Å². The Labute approximate surface area is 104 Å². The van der Waals surface area contributed by atoms with Gasteiger partial charge in [-0.1, -0.05) is 6.92 Å². The lowest BCUT2D eigenvalue weighted by molar-refractivity contribution is -0.130. The summed E-state index contributed by atoms with van der Waals surface area (Å²) in [7, 11) is 2.17. The highest BCUT2D eigenvalue weighted by molar-refractivity contribution is 5.81. The first-order chi connectivity index (χ1) is 7.90. The number of amides is 1. The minimum atomic E-state index is -0.428. The summed E-state index contributed by atoms with van der Waals surface area (Å²) in [5, 5.41) is 0. The predicted octanol–water partition coefficient (Wildman–Crippen LogP) is 0.0285. The minimum Gasteiger partial charge on any atom is -0.301 e. The molecule has 1 saturated heterocycles. The van der Waals surface area contributed by atoms with Crippen LogP contribution in [0, 0.1) is 5.41 Å². The van der Waals surface area contributed by atoms with Crippen molar-refractivity contribution < 1.29 is 4.79 Å². The summed E-state index contributed by atoms with van der Waals surface area (Å²) in [4.78, 5) is 16.4. The Morgan fingerprint density at radius 2 is 2.12 bits per heavy atom. The molecule has 3 N–H and O–H groups in total. The molecule has 1 fully saturated rings. The summed E-state index contributed by atoms with van der Waals surface area (Å²) >= 11 is 0. The van der Waals surface area contributed by atoms with Crippen molar-refractivity contribution in [3.63, 3.8) is 0 Å². The molecular weight excluding hydrogens is 216 g/mol. The second-order valence-electron chi connectivity index (χ2n) is 5.64. The molecule has 0 saturated carbocycles. The van der Waals surface area contributed by atoms with Gasteiger partial charge >= 0.3 is 0 Å². The van der Waals surface area contributed by atoms with Gasteiger partial charge in [0.2, 0.25) is 5.91 Å². The quantitative estimate of drug-likeness (QED) is 0.415. The Morgan fingerprint density at radius 3 is 2.65 bits per heavy atom. The average molecular weight is 242 g/mol. The Bertz CT molecular complexity index is 267. The summed E-state index contributed by atoms with van der Waals surface area (Å²) in [6, 6.07) is 0.598. The third-order valence-corrected chi connectivity index (χ3v) is 3.70. The van der Waals surface area contributed by atoms with E-state index < -0.39 is 5.41 Å². The van der Waals surface area contributed by atoms with Crippen molar-refractivity contribution in [1.29, 1.82) is 0 Å². The fraction of sp³-hybridized carbons (Fsp3) is 0.917. The fourth-order valence-electron chi connectivity index (χ4n) is 2.42. The smallest absolute Gasteiger partial charge is 0.240 e. The molecule has 100 valence electrons. The molecule has 0 aromatic carbocycles. The van der Waals surface area contributed by atoms with Crippen molar-refractivity contribution in [3.8, 4) is 0 Å². The van der Waals surface area contributed by atoms with Crippen LogP contribution in [0.15, 0.2) is 0 Å². The summed E-state index contributed by atoms with van der Waals surface area (Å²) in [5.41, 5.74) is 1.83. The zero-order chi connectivity index (χ0) is 13.1. The number of nitrogens with one attached hydrogen (secondary N) is 1. The van der Waals surface area contributed by atoms with Crippen LogP contribution in [0.4, 0.5) is 0 Å². The van der Waals surface area contributed by atoms with E-state index in [1.54, 1.807) is 0 Å². The van der Waals surface area contributed by atoms with Gasteiger partial charge in [0, 0.05) is 32.2 Å². The van der Waals surface area contributed by atoms with Gasteiger partial charge in [0.1, 0.15) is 0 Å². The van der Waals surface area contributed by atoms with Crippen molar-refractivity contribution in [2.45, 2.75) is 33.2 Å². The molecule has 5 nitrogen and oxygen atoms in total. The number of rotatable bonds is 4. The van der Waals surface area contributed by atoms with Gasteiger partial charge in [0.25, 0.3) is 0 Å². The van der Waals surface area contributed by atoms with Crippen LogP contribution in [-0.2, 0) is 4.79 Å². The lowest BCUT2D eigenvalue weighted by atomic mass is 9.91. The SMILES string of the molecule is CCC1CN(CC(C)(C)C(=O)NN)CCN1C. The van der Waals surface area contributed by atoms with Gasteiger partial charge in [-0.05, 0) is 27.3 Å². The molecule has 5 heteroatoms. The Morgan fingerprint density at radius 1 is 1.47 bits per heavy atom. The van der Waals surface area contributed by atoms with Crippen LogP contribution >= 0.6 is 0 Å². The summed E-state index contributed by atoms with van der Waals surface area (Å²) in [6.07, 6.45) is 1.15. The number of nitrogens with zero attached hydrogens (tertiary/aromatic N) is 2. The maximum atomic E-state index is 11.6. The van der Waals surface area contributed by atoms with Crippen LogP contribution in [0.2, 0.25) is 0 Å². The van der Waals surface area contributed by atoms with Gasteiger partial charge in [0.05, 0.1) is 5.41 Å². The zero-order valence-corrected chi connectivity index (χ0v) is 11.5. The molecule has 1 rings (SSSR count). The standard InChI is InChI=1S/C12H26N4O/c1-5-10-8-16(7-6-15(10)4)9-12(2,3)11(17)14-13/h10H,5-9,13H2,1-4H3,(H,14,17). The topological polar surface area (TPSA) is 61.6 Å². The summed E-state index contributed by atoms with van der Waals surface area (Å²) in [5.74, 6) is 5.12. The average Bonchev–Trinajstić information content (AvgIpc) is 2.30. The summed E-state index contributed by atoms with van der Waals surface area (Å²) in [6.45, 7) is 9.98. The van der Waals surface area contributed by atoms with Gasteiger partial charge in [-0.15, -0.1) is 0 Å². The van der Waals surface area contributed by atoms with Crippen molar-refractivity contribution in [3.05, 3.63) is 0 Å². The maximum Gasteiger partial charge on any atom is 0.240 e. The molecule has 1 heterocycles. The monoisotopic (exact) mass is 242 g/mol. The fourth-order valence-corrected chi connectivity index (χ4v) is 2.42. The van der Waals surface area contributed by atoms with E-state index in [9.17, 15) is 4.79 Å². The van der Waals surface area contributed by atoms with E-state index in [1.807, 2.05) is 13.8 Å². The lowest BCUT2D eigenvalue weighted by Crippen LogP contribution is -2.55. The highest BCUT2D eigenvalue weighted by atomic mass is 16.2. The first kappa shape index (κ1) is 14.4. The molecule has 17 heavy (non-hydrogen) atoms. The van der Waals surface area contributed by atoms with Gasteiger partial charge < -0.3 is 4.90 Å².